The van der Waals surface area contributed by atoms with Crippen molar-refractivity contribution in [3.63, 3.8) is 0 Å². The summed E-state index contributed by atoms with van der Waals surface area (Å²) in [6.45, 7) is 0. The molecule has 0 amide bonds. The van der Waals surface area contributed by atoms with Crippen LogP contribution in [0.1, 0.15) is 0 Å². The quantitative estimate of drug-likeness (QED) is 0.471. The Morgan fingerprint density at radius 3 is 1.40 bits per heavy atom. The minimum Gasteiger partial charge on any atom is -0.274 e. The lowest BCUT2D eigenvalue weighted by molar-refractivity contribution is 1.26. The van der Waals surface area contributed by atoms with Crippen molar-refractivity contribution in [3.8, 4) is 0 Å². The topological polar surface area (TPSA) is 52.0 Å². The second kappa shape index (κ2) is 5.50. The Kier molecular flexibility index (Phi) is 5.35. The molecule has 1 rings (SSSR count). The van der Waals surface area contributed by atoms with E-state index in [1.807, 2.05) is 12.1 Å². The Balaban J connectivity index is 0.000000371. The van der Waals surface area contributed by atoms with Gasteiger partial charge < -0.3 is 0 Å². The van der Waals surface area contributed by atoms with E-state index < -0.39 is 0 Å². The van der Waals surface area contributed by atoms with Crippen LogP contribution in [0.25, 0.3) is 0 Å². The summed E-state index contributed by atoms with van der Waals surface area (Å²) in [5.41, 5.74) is 0. The van der Waals surface area contributed by atoms with E-state index in [1.54, 1.807) is 12.1 Å². The Morgan fingerprint density at radius 1 is 0.900 bits per heavy atom. The van der Waals surface area contributed by atoms with Crippen LogP contribution >= 0.6 is 23.2 Å². The lowest BCUT2D eigenvalue weighted by Crippen LogP contribution is -2.02. The van der Waals surface area contributed by atoms with Crippen LogP contribution < -0.4 is 11.7 Å². The van der Waals surface area contributed by atoms with E-state index in [0.717, 1.165) is 0 Å². The predicted molar refractivity (Wildman–Crippen MR) is 44.8 cm³/mol. The molecule has 2 nitrogen and oxygen atoms in total. The summed E-state index contributed by atoms with van der Waals surface area (Å²) in [5.74, 6) is 8.00. The van der Waals surface area contributed by atoms with Gasteiger partial charge in [0.2, 0.25) is 0 Å². The van der Waals surface area contributed by atoms with Gasteiger partial charge in [-0.25, -0.2) is 0 Å². The van der Waals surface area contributed by atoms with Gasteiger partial charge in [0.05, 0.1) is 10.0 Å². The van der Waals surface area contributed by atoms with Crippen molar-refractivity contribution in [2.24, 2.45) is 11.7 Å². The van der Waals surface area contributed by atoms with Gasteiger partial charge in [0, 0.05) is 0 Å². The SMILES string of the molecule is Clc1ccccc1Cl.NN. The predicted octanol–water partition coefficient (Wildman–Crippen LogP) is 1.81. The number of halogens is 2. The standard InChI is InChI=1S/C6H4Cl2.H4N2/c7-5-3-1-2-4-6(5)8;1-2/h1-4H;1-2H2. The molecular formula is C6H8Cl2N2. The fraction of sp³-hybridized carbons (Fsp3) is 0. The van der Waals surface area contributed by atoms with Gasteiger partial charge in [-0.2, -0.15) is 0 Å². The molecule has 0 spiro atoms. The first-order valence-electron chi connectivity index (χ1n) is 2.54. The summed E-state index contributed by atoms with van der Waals surface area (Å²) in [5, 5.41) is 1.21. The Bertz CT molecular complexity index is 170. The van der Waals surface area contributed by atoms with Gasteiger partial charge in [-0.15, -0.1) is 0 Å². The first-order chi connectivity index (χ1) is 4.80. The molecule has 0 fully saturated rings. The highest BCUT2D eigenvalue weighted by Gasteiger charge is 1.89. The van der Waals surface area contributed by atoms with E-state index in [1.165, 1.54) is 0 Å². The monoisotopic (exact) mass is 178 g/mol. The second-order valence-corrected chi connectivity index (χ2v) is 2.23. The maximum absolute atomic E-state index is 5.58. The zero-order chi connectivity index (χ0) is 7.98. The average molecular weight is 179 g/mol. The summed E-state index contributed by atoms with van der Waals surface area (Å²) in [7, 11) is 0. The van der Waals surface area contributed by atoms with Gasteiger partial charge in [0.1, 0.15) is 0 Å². The minimum atomic E-state index is 0.606. The average Bonchev–Trinajstić information content (AvgIpc) is 2.00. The van der Waals surface area contributed by atoms with Crippen molar-refractivity contribution >= 4 is 23.2 Å². The first kappa shape index (κ1) is 9.72. The molecule has 56 valence electrons. The fourth-order valence-corrected chi connectivity index (χ4v) is 0.711. The molecule has 0 aliphatic rings. The molecule has 0 aliphatic heterocycles. The van der Waals surface area contributed by atoms with E-state index in [0.29, 0.717) is 10.0 Å². The number of benzene rings is 1. The summed E-state index contributed by atoms with van der Waals surface area (Å²) >= 11 is 11.2. The largest absolute Gasteiger partial charge is 0.274 e. The number of hydrogen-bond acceptors (Lipinski definition) is 2. The lowest BCUT2D eigenvalue weighted by atomic mass is 10.4. The van der Waals surface area contributed by atoms with Crippen LogP contribution in [0.2, 0.25) is 10.0 Å². The molecule has 0 aromatic heterocycles. The molecule has 10 heavy (non-hydrogen) atoms. The normalized spacial score (nSPS) is 8.00. The fourth-order valence-electron chi connectivity index (χ4n) is 0.439. The smallest absolute Gasteiger partial charge is 0.0592 e. The van der Waals surface area contributed by atoms with Crippen LogP contribution in [0.3, 0.4) is 0 Å². The summed E-state index contributed by atoms with van der Waals surface area (Å²) in [6.07, 6.45) is 0. The Hall–Kier alpha value is -0.280. The van der Waals surface area contributed by atoms with Gasteiger partial charge in [0.25, 0.3) is 0 Å². The Labute approximate surface area is 69.7 Å². The summed E-state index contributed by atoms with van der Waals surface area (Å²) in [6, 6.07) is 7.19. The zero-order valence-corrected chi connectivity index (χ0v) is 6.73. The van der Waals surface area contributed by atoms with Crippen LogP contribution in [-0.4, -0.2) is 0 Å². The third-order valence-electron chi connectivity index (χ3n) is 0.824. The van der Waals surface area contributed by atoms with E-state index in [4.69, 9.17) is 23.2 Å². The first-order valence-corrected chi connectivity index (χ1v) is 3.29. The third kappa shape index (κ3) is 3.03. The molecule has 4 heteroatoms. The molecule has 0 bridgehead atoms. The highest BCUT2D eigenvalue weighted by atomic mass is 35.5. The van der Waals surface area contributed by atoms with Crippen LogP contribution in [-0.2, 0) is 0 Å². The number of hydrazine groups is 1. The van der Waals surface area contributed by atoms with Crippen LogP contribution in [0, 0.1) is 0 Å². The molecule has 0 saturated heterocycles. The zero-order valence-electron chi connectivity index (χ0n) is 5.22. The molecule has 0 aliphatic carbocycles. The highest BCUT2D eigenvalue weighted by molar-refractivity contribution is 6.41. The summed E-state index contributed by atoms with van der Waals surface area (Å²) in [4.78, 5) is 0. The van der Waals surface area contributed by atoms with Crippen LogP contribution in [0.4, 0.5) is 0 Å². The minimum absolute atomic E-state index is 0.606. The van der Waals surface area contributed by atoms with Gasteiger partial charge in [0.15, 0.2) is 0 Å². The van der Waals surface area contributed by atoms with Crippen LogP contribution in [0.15, 0.2) is 24.3 Å². The second-order valence-electron chi connectivity index (χ2n) is 1.41. The molecule has 0 radical (unpaired) electrons. The lowest BCUT2D eigenvalue weighted by Gasteiger charge is -1.88. The molecule has 0 saturated carbocycles. The van der Waals surface area contributed by atoms with Gasteiger partial charge >= 0.3 is 0 Å². The molecule has 1 aromatic rings. The highest BCUT2D eigenvalue weighted by Crippen LogP contribution is 2.19. The number of nitrogens with two attached hydrogens (primary N) is 2. The van der Waals surface area contributed by atoms with Gasteiger partial charge in [-0.1, -0.05) is 35.3 Å². The summed E-state index contributed by atoms with van der Waals surface area (Å²) < 4.78 is 0. The van der Waals surface area contributed by atoms with E-state index >= 15 is 0 Å². The van der Waals surface area contributed by atoms with Gasteiger partial charge in [-0.05, 0) is 12.1 Å². The molecule has 0 unspecified atom stereocenters. The van der Waals surface area contributed by atoms with Crippen molar-refractivity contribution in [3.05, 3.63) is 34.3 Å². The maximum atomic E-state index is 5.58. The molecular weight excluding hydrogens is 171 g/mol. The third-order valence-corrected chi connectivity index (χ3v) is 1.58. The molecule has 1 aromatic carbocycles. The van der Waals surface area contributed by atoms with Gasteiger partial charge in [-0.3, -0.25) is 11.7 Å². The number of hydrogen-bond donors (Lipinski definition) is 2. The van der Waals surface area contributed by atoms with Crippen molar-refractivity contribution in [2.45, 2.75) is 0 Å². The van der Waals surface area contributed by atoms with Crippen molar-refractivity contribution in [1.29, 1.82) is 0 Å². The molecule has 0 heterocycles. The van der Waals surface area contributed by atoms with E-state index in [-0.39, 0.29) is 0 Å². The Morgan fingerprint density at radius 2 is 1.20 bits per heavy atom. The number of rotatable bonds is 0. The van der Waals surface area contributed by atoms with Crippen molar-refractivity contribution in [2.75, 3.05) is 0 Å². The van der Waals surface area contributed by atoms with Crippen LogP contribution in [0.5, 0.6) is 0 Å². The van der Waals surface area contributed by atoms with E-state index in [9.17, 15) is 0 Å². The maximum Gasteiger partial charge on any atom is 0.0592 e. The molecule has 0 atom stereocenters. The molecule has 4 N–H and O–H groups in total. The van der Waals surface area contributed by atoms with Crippen molar-refractivity contribution < 1.29 is 0 Å². The van der Waals surface area contributed by atoms with Crippen molar-refractivity contribution in [1.82, 2.24) is 0 Å². The van der Waals surface area contributed by atoms with E-state index in [2.05, 4.69) is 11.7 Å².